The van der Waals surface area contributed by atoms with Gasteiger partial charge in [-0.3, -0.25) is 4.79 Å². The highest BCUT2D eigenvalue weighted by Crippen LogP contribution is 2.28. The lowest BCUT2D eigenvalue weighted by Crippen LogP contribution is -2.13. The number of halogens is 1. The number of aryl methyl sites for hydroxylation is 2. The van der Waals surface area contributed by atoms with E-state index in [2.05, 4.69) is 4.98 Å². The van der Waals surface area contributed by atoms with Crippen molar-refractivity contribution in [3.63, 3.8) is 0 Å². The summed E-state index contributed by atoms with van der Waals surface area (Å²) in [7, 11) is 0. The lowest BCUT2D eigenvalue weighted by Gasteiger charge is -2.08. The molecule has 1 amide bonds. The number of benzene rings is 1. The fourth-order valence-electron chi connectivity index (χ4n) is 1.75. The number of carbonyl (C=O) groups is 1. The number of fused-ring (bicyclic) bond motifs is 1. The molecule has 0 fully saturated rings. The number of nitrogens with zero attached hydrogens (tertiary/aromatic N) is 1. The maximum Gasteiger partial charge on any atom is 0.267 e. The van der Waals surface area contributed by atoms with E-state index in [-0.39, 0.29) is 5.69 Å². The SMILES string of the molecule is Cc1ccc(Cl)c2c(C)cc(C(N)=O)nc12. The molecule has 0 bridgehead atoms. The molecule has 1 aromatic heterocycles. The number of nitrogens with two attached hydrogens (primary N) is 1. The molecule has 0 atom stereocenters. The summed E-state index contributed by atoms with van der Waals surface area (Å²) >= 11 is 6.11. The number of primary amides is 1. The van der Waals surface area contributed by atoms with Crippen molar-refractivity contribution < 1.29 is 4.79 Å². The van der Waals surface area contributed by atoms with Crippen molar-refractivity contribution in [1.82, 2.24) is 4.98 Å². The molecule has 82 valence electrons. The second-order valence-corrected chi connectivity index (χ2v) is 4.18. The summed E-state index contributed by atoms with van der Waals surface area (Å²) in [6.45, 7) is 3.82. The van der Waals surface area contributed by atoms with Gasteiger partial charge in [0, 0.05) is 5.39 Å². The van der Waals surface area contributed by atoms with Gasteiger partial charge in [-0.15, -0.1) is 0 Å². The number of carbonyl (C=O) groups excluding carboxylic acids is 1. The smallest absolute Gasteiger partial charge is 0.267 e. The molecule has 2 aromatic rings. The van der Waals surface area contributed by atoms with Crippen LogP contribution < -0.4 is 5.73 Å². The molecule has 0 spiro atoms. The maximum absolute atomic E-state index is 11.1. The Morgan fingerprint density at radius 1 is 1.31 bits per heavy atom. The number of hydrogen-bond acceptors (Lipinski definition) is 2. The first kappa shape index (κ1) is 10.9. The molecule has 0 saturated heterocycles. The van der Waals surface area contributed by atoms with Gasteiger partial charge < -0.3 is 5.73 Å². The number of rotatable bonds is 1. The van der Waals surface area contributed by atoms with Crippen LogP contribution in [0.25, 0.3) is 10.9 Å². The molecule has 0 saturated carbocycles. The minimum absolute atomic E-state index is 0.273. The average Bonchev–Trinajstić information content (AvgIpc) is 2.22. The third kappa shape index (κ3) is 1.63. The van der Waals surface area contributed by atoms with Crippen LogP contribution in [-0.2, 0) is 0 Å². The van der Waals surface area contributed by atoms with E-state index in [1.807, 2.05) is 26.0 Å². The third-order valence-electron chi connectivity index (χ3n) is 2.56. The molecular weight excluding hydrogens is 224 g/mol. The molecule has 2 rings (SSSR count). The van der Waals surface area contributed by atoms with Crippen molar-refractivity contribution in [2.24, 2.45) is 5.73 Å². The molecule has 4 heteroatoms. The van der Waals surface area contributed by atoms with E-state index >= 15 is 0 Å². The molecule has 0 aliphatic carbocycles. The lowest BCUT2D eigenvalue weighted by atomic mass is 10.1. The van der Waals surface area contributed by atoms with E-state index in [9.17, 15) is 4.79 Å². The van der Waals surface area contributed by atoms with Crippen molar-refractivity contribution in [3.8, 4) is 0 Å². The molecule has 3 nitrogen and oxygen atoms in total. The van der Waals surface area contributed by atoms with E-state index < -0.39 is 5.91 Å². The minimum Gasteiger partial charge on any atom is -0.364 e. The van der Waals surface area contributed by atoms with Gasteiger partial charge in [0.05, 0.1) is 10.5 Å². The van der Waals surface area contributed by atoms with Gasteiger partial charge in [-0.2, -0.15) is 0 Å². The highest BCUT2D eigenvalue weighted by atomic mass is 35.5. The van der Waals surface area contributed by atoms with E-state index in [1.54, 1.807) is 6.07 Å². The summed E-state index contributed by atoms with van der Waals surface area (Å²) < 4.78 is 0. The second kappa shape index (κ2) is 3.76. The predicted octanol–water partition coefficient (Wildman–Crippen LogP) is 2.60. The van der Waals surface area contributed by atoms with Gasteiger partial charge in [0.25, 0.3) is 5.91 Å². The Labute approximate surface area is 98.2 Å². The highest BCUT2D eigenvalue weighted by Gasteiger charge is 2.11. The van der Waals surface area contributed by atoms with Crippen LogP contribution in [0.2, 0.25) is 5.02 Å². The van der Waals surface area contributed by atoms with Crippen LogP contribution in [0.3, 0.4) is 0 Å². The highest BCUT2D eigenvalue weighted by molar-refractivity contribution is 6.35. The topological polar surface area (TPSA) is 56.0 Å². The Bertz CT molecular complexity index is 593. The van der Waals surface area contributed by atoms with E-state index in [1.165, 1.54) is 0 Å². The largest absolute Gasteiger partial charge is 0.364 e. The van der Waals surface area contributed by atoms with Crippen LogP contribution in [-0.4, -0.2) is 10.9 Å². The Balaban J connectivity index is 2.92. The fraction of sp³-hybridized carbons (Fsp3) is 0.167. The molecule has 2 N–H and O–H groups in total. The quantitative estimate of drug-likeness (QED) is 0.825. The molecule has 1 aromatic carbocycles. The van der Waals surface area contributed by atoms with Crippen molar-refractivity contribution in [2.45, 2.75) is 13.8 Å². The predicted molar refractivity (Wildman–Crippen MR) is 64.7 cm³/mol. The monoisotopic (exact) mass is 234 g/mol. The summed E-state index contributed by atoms with van der Waals surface area (Å²) in [5.41, 5.74) is 8.13. The second-order valence-electron chi connectivity index (χ2n) is 3.78. The molecule has 0 aliphatic heterocycles. The van der Waals surface area contributed by atoms with Crippen molar-refractivity contribution in [3.05, 3.63) is 40.0 Å². The Kier molecular flexibility index (Phi) is 2.56. The summed E-state index contributed by atoms with van der Waals surface area (Å²) in [6.07, 6.45) is 0. The minimum atomic E-state index is -0.524. The first-order valence-corrected chi connectivity index (χ1v) is 5.24. The van der Waals surface area contributed by atoms with Crippen LogP contribution in [0, 0.1) is 13.8 Å². The first-order valence-electron chi connectivity index (χ1n) is 4.87. The normalized spacial score (nSPS) is 10.7. The van der Waals surface area contributed by atoms with Crippen LogP contribution in [0.15, 0.2) is 18.2 Å². The fourth-order valence-corrected chi connectivity index (χ4v) is 2.05. The lowest BCUT2D eigenvalue weighted by molar-refractivity contribution is 0.0996. The number of pyridine rings is 1. The van der Waals surface area contributed by atoms with Gasteiger partial charge >= 0.3 is 0 Å². The van der Waals surface area contributed by atoms with Crippen LogP contribution in [0.1, 0.15) is 21.6 Å². The van der Waals surface area contributed by atoms with Gasteiger partial charge in [0.15, 0.2) is 0 Å². The molecule has 0 aliphatic rings. The summed E-state index contributed by atoms with van der Waals surface area (Å²) in [6, 6.07) is 5.37. The van der Waals surface area contributed by atoms with Crippen molar-refractivity contribution >= 4 is 28.4 Å². The average molecular weight is 235 g/mol. The molecule has 0 radical (unpaired) electrons. The van der Waals surface area contributed by atoms with Gasteiger partial charge in [0.2, 0.25) is 0 Å². The zero-order valence-electron chi connectivity index (χ0n) is 9.04. The van der Waals surface area contributed by atoms with E-state index in [0.717, 1.165) is 22.0 Å². The van der Waals surface area contributed by atoms with Gasteiger partial charge in [-0.1, -0.05) is 17.7 Å². The Morgan fingerprint density at radius 2 is 2.00 bits per heavy atom. The van der Waals surface area contributed by atoms with Gasteiger partial charge in [-0.25, -0.2) is 4.98 Å². The Hall–Kier alpha value is -1.61. The maximum atomic E-state index is 11.1. The Morgan fingerprint density at radius 3 is 2.62 bits per heavy atom. The summed E-state index contributed by atoms with van der Waals surface area (Å²) in [4.78, 5) is 15.4. The summed E-state index contributed by atoms with van der Waals surface area (Å²) in [5, 5.41) is 1.52. The van der Waals surface area contributed by atoms with Crippen molar-refractivity contribution in [2.75, 3.05) is 0 Å². The molecule has 0 unspecified atom stereocenters. The standard InChI is InChI=1S/C12H11ClN2O/c1-6-3-4-8(13)10-7(2)5-9(12(14)16)15-11(6)10/h3-5H,1-2H3,(H2,14,16). The third-order valence-corrected chi connectivity index (χ3v) is 2.88. The van der Waals surface area contributed by atoms with Crippen LogP contribution >= 0.6 is 11.6 Å². The van der Waals surface area contributed by atoms with Crippen LogP contribution in [0.5, 0.6) is 0 Å². The number of amides is 1. The van der Waals surface area contributed by atoms with Crippen molar-refractivity contribution in [1.29, 1.82) is 0 Å². The first-order chi connectivity index (χ1) is 7.50. The molecule has 16 heavy (non-hydrogen) atoms. The number of aromatic nitrogens is 1. The van der Waals surface area contributed by atoms with E-state index in [0.29, 0.717) is 5.02 Å². The number of hydrogen-bond donors (Lipinski definition) is 1. The van der Waals surface area contributed by atoms with Gasteiger partial charge in [0.1, 0.15) is 5.69 Å². The van der Waals surface area contributed by atoms with Gasteiger partial charge in [-0.05, 0) is 37.1 Å². The molecule has 1 heterocycles. The zero-order valence-corrected chi connectivity index (χ0v) is 9.80. The molecular formula is C12H11ClN2O. The van der Waals surface area contributed by atoms with E-state index in [4.69, 9.17) is 17.3 Å². The zero-order chi connectivity index (χ0) is 11.9. The van der Waals surface area contributed by atoms with Crippen LogP contribution in [0.4, 0.5) is 0 Å². The summed E-state index contributed by atoms with van der Waals surface area (Å²) in [5.74, 6) is -0.524.